The van der Waals surface area contributed by atoms with Gasteiger partial charge in [-0.2, -0.15) is 0 Å². The molecule has 0 saturated carbocycles. The van der Waals surface area contributed by atoms with E-state index in [-0.39, 0.29) is 5.02 Å². The first-order chi connectivity index (χ1) is 10.4. The molecule has 0 aliphatic rings. The molecule has 0 bridgehead atoms. The Morgan fingerprint density at radius 1 is 1.14 bits per heavy atom. The van der Waals surface area contributed by atoms with Crippen LogP contribution in [0, 0.1) is 5.82 Å². The van der Waals surface area contributed by atoms with Crippen LogP contribution in [-0.4, -0.2) is 12.0 Å². The van der Waals surface area contributed by atoms with Gasteiger partial charge in [0.1, 0.15) is 11.6 Å². The largest absolute Gasteiger partial charge is 0.479 e. The number of carbonyl (C=O) groups is 1. The van der Waals surface area contributed by atoms with Crippen LogP contribution in [0.2, 0.25) is 15.1 Å². The Kier molecular flexibility index (Phi) is 5.51. The molecule has 0 aliphatic carbocycles. The van der Waals surface area contributed by atoms with Gasteiger partial charge in [-0.1, -0.05) is 34.8 Å². The average molecular weight is 363 g/mol. The fourth-order valence-electron chi connectivity index (χ4n) is 1.64. The van der Waals surface area contributed by atoms with Crippen LogP contribution in [0.1, 0.15) is 6.92 Å². The lowest BCUT2D eigenvalue weighted by Crippen LogP contribution is -2.30. The van der Waals surface area contributed by atoms with Gasteiger partial charge in [-0.05, 0) is 37.3 Å². The molecule has 0 heterocycles. The van der Waals surface area contributed by atoms with Crippen LogP contribution in [0.4, 0.5) is 10.1 Å². The SMILES string of the molecule is CC(Oc1cc(Cl)ccc1Cl)C(=O)Nc1ccc(F)cc1Cl. The molecule has 1 unspecified atom stereocenters. The Morgan fingerprint density at radius 3 is 2.55 bits per heavy atom. The van der Waals surface area contributed by atoms with Crippen molar-refractivity contribution >= 4 is 46.4 Å². The third-order valence-corrected chi connectivity index (χ3v) is 3.62. The highest BCUT2D eigenvalue weighted by molar-refractivity contribution is 6.34. The summed E-state index contributed by atoms with van der Waals surface area (Å²) in [4.78, 5) is 12.1. The maximum Gasteiger partial charge on any atom is 0.265 e. The van der Waals surface area contributed by atoms with Gasteiger partial charge in [0.2, 0.25) is 0 Å². The predicted molar refractivity (Wildman–Crippen MR) is 86.6 cm³/mol. The van der Waals surface area contributed by atoms with Crippen molar-refractivity contribution in [2.24, 2.45) is 0 Å². The van der Waals surface area contributed by atoms with Crippen LogP contribution < -0.4 is 10.1 Å². The van der Waals surface area contributed by atoms with Gasteiger partial charge >= 0.3 is 0 Å². The number of carbonyl (C=O) groups excluding carboxylic acids is 1. The Balaban J connectivity index is 2.07. The second-order valence-electron chi connectivity index (χ2n) is 4.45. The van der Waals surface area contributed by atoms with E-state index < -0.39 is 17.8 Å². The maximum absolute atomic E-state index is 13.0. The minimum absolute atomic E-state index is 0.0985. The molecule has 2 aromatic carbocycles. The van der Waals surface area contributed by atoms with Crippen LogP contribution >= 0.6 is 34.8 Å². The molecule has 0 aliphatic heterocycles. The number of ether oxygens (including phenoxy) is 1. The molecular weight excluding hydrogens is 352 g/mol. The standard InChI is InChI=1S/C15H11Cl3FNO2/c1-8(22-14-6-9(16)2-4-11(14)17)15(21)20-13-5-3-10(19)7-12(13)18/h2-8H,1H3,(H,20,21). The molecular formula is C15H11Cl3FNO2. The zero-order valence-electron chi connectivity index (χ0n) is 11.4. The minimum atomic E-state index is -0.850. The van der Waals surface area contributed by atoms with E-state index in [1.165, 1.54) is 18.2 Å². The molecule has 1 N–H and O–H groups in total. The fraction of sp³-hybridized carbons (Fsp3) is 0.133. The van der Waals surface area contributed by atoms with Gasteiger partial charge in [-0.25, -0.2) is 4.39 Å². The number of hydrogen-bond acceptors (Lipinski definition) is 2. The number of benzene rings is 2. The van der Waals surface area contributed by atoms with Gasteiger partial charge < -0.3 is 10.1 Å². The maximum atomic E-state index is 13.0. The van der Waals surface area contributed by atoms with Gasteiger partial charge in [0.05, 0.1) is 15.7 Å². The van der Waals surface area contributed by atoms with Crippen LogP contribution in [0.15, 0.2) is 36.4 Å². The van der Waals surface area contributed by atoms with Crippen LogP contribution in [0.25, 0.3) is 0 Å². The summed E-state index contributed by atoms with van der Waals surface area (Å²) in [6.07, 6.45) is -0.850. The minimum Gasteiger partial charge on any atom is -0.479 e. The van der Waals surface area contributed by atoms with Crippen molar-refractivity contribution in [3.05, 3.63) is 57.3 Å². The van der Waals surface area contributed by atoms with E-state index in [1.807, 2.05) is 0 Å². The second kappa shape index (κ2) is 7.18. The molecule has 0 aromatic heterocycles. The van der Waals surface area contributed by atoms with Crippen molar-refractivity contribution < 1.29 is 13.9 Å². The molecule has 3 nitrogen and oxygen atoms in total. The smallest absolute Gasteiger partial charge is 0.265 e. The van der Waals surface area contributed by atoms with Crippen molar-refractivity contribution in [3.8, 4) is 5.75 Å². The van der Waals surface area contributed by atoms with Gasteiger partial charge in [0.15, 0.2) is 6.10 Å². The number of amides is 1. The fourth-order valence-corrected chi connectivity index (χ4v) is 2.18. The summed E-state index contributed by atoms with van der Waals surface area (Å²) < 4.78 is 18.4. The first-order valence-electron chi connectivity index (χ1n) is 6.24. The Bertz CT molecular complexity index is 709. The zero-order chi connectivity index (χ0) is 16.3. The number of anilines is 1. The number of nitrogens with one attached hydrogen (secondary N) is 1. The second-order valence-corrected chi connectivity index (χ2v) is 5.70. The van der Waals surface area contributed by atoms with Gasteiger partial charge in [0.25, 0.3) is 5.91 Å². The highest BCUT2D eigenvalue weighted by Gasteiger charge is 2.17. The summed E-state index contributed by atoms with van der Waals surface area (Å²) in [5, 5.41) is 3.43. The number of rotatable bonds is 4. The van der Waals surface area contributed by atoms with Gasteiger partial charge in [-0.15, -0.1) is 0 Å². The Hall–Kier alpha value is -1.49. The van der Waals surface area contributed by atoms with E-state index in [0.717, 1.165) is 6.07 Å². The lowest BCUT2D eigenvalue weighted by molar-refractivity contribution is -0.122. The first-order valence-corrected chi connectivity index (χ1v) is 7.38. The summed E-state index contributed by atoms with van der Waals surface area (Å²) in [6.45, 7) is 1.55. The summed E-state index contributed by atoms with van der Waals surface area (Å²) >= 11 is 17.7. The van der Waals surface area contributed by atoms with E-state index in [2.05, 4.69) is 5.32 Å². The molecule has 0 spiro atoms. The summed E-state index contributed by atoms with van der Waals surface area (Å²) in [5.74, 6) is -0.649. The Morgan fingerprint density at radius 2 is 1.86 bits per heavy atom. The number of halogens is 4. The Labute approximate surface area is 141 Å². The van der Waals surface area contributed by atoms with Gasteiger partial charge in [-0.3, -0.25) is 4.79 Å². The molecule has 1 amide bonds. The molecule has 0 radical (unpaired) electrons. The molecule has 2 rings (SSSR count). The van der Waals surface area contributed by atoms with Crippen molar-refractivity contribution in [1.29, 1.82) is 0 Å². The molecule has 0 fully saturated rings. The molecule has 0 saturated heterocycles. The molecule has 7 heteroatoms. The van der Waals surface area contributed by atoms with E-state index in [4.69, 9.17) is 39.5 Å². The van der Waals surface area contributed by atoms with Crippen molar-refractivity contribution in [2.75, 3.05) is 5.32 Å². The summed E-state index contributed by atoms with van der Waals surface area (Å²) in [7, 11) is 0. The highest BCUT2D eigenvalue weighted by Crippen LogP contribution is 2.29. The lowest BCUT2D eigenvalue weighted by atomic mass is 10.3. The molecule has 2 aromatic rings. The highest BCUT2D eigenvalue weighted by atomic mass is 35.5. The number of hydrogen-bond donors (Lipinski definition) is 1. The van der Waals surface area contributed by atoms with E-state index in [1.54, 1.807) is 19.1 Å². The topological polar surface area (TPSA) is 38.3 Å². The normalized spacial score (nSPS) is 11.9. The van der Waals surface area contributed by atoms with E-state index >= 15 is 0 Å². The molecule has 22 heavy (non-hydrogen) atoms. The third-order valence-electron chi connectivity index (χ3n) is 2.76. The molecule has 1 atom stereocenters. The van der Waals surface area contributed by atoms with Crippen molar-refractivity contribution in [3.63, 3.8) is 0 Å². The van der Waals surface area contributed by atoms with Crippen LogP contribution in [0.3, 0.4) is 0 Å². The van der Waals surface area contributed by atoms with Crippen LogP contribution in [-0.2, 0) is 4.79 Å². The third kappa shape index (κ3) is 4.26. The average Bonchev–Trinajstić information content (AvgIpc) is 2.45. The van der Waals surface area contributed by atoms with Crippen LogP contribution in [0.5, 0.6) is 5.75 Å². The molecule has 116 valence electrons. The van der Waals surface area contributed by atoms with Crippen molar-refractivity contribution in [1.82, 2.24) is 0 Å². The zero-order valence-corrected chi connectivity index (χ0v) is 13.6. The monoisotopic (exact) mass is 361 g/mol. The summed E-state index contributed by atoms with van der Waals surface area (Å²) in [5.41, 5.74) is 0.292. The van der Waals surface area contributed by atoms with E-state index in [9.17, 15) is 9.18 Å². The quantitative estimate of drug-likeness (QED) is 0.812. The predicted octanol–water partition coefficient (Wildman–Crippen LogP) is 5.19. The summed E-state index contributed by atoms with van der Waals surface area (Å²) in [6, 6.07) is 8.37. The lowest BCUT2D eigenvalue weighted by Gasteiger charge is -2.16. The first kappa shape index (κ1) is 16.9. The van der Waals surface area contributed by atoms with E-state index in [0.29, 0.717) is 21.5 Å². The van der Waals surface area contributed by atoms with Crippen molar-refractivity contribution in [2.45, 2.75) is 13.0 Å². The van der Waals surface area contributed by atoms with Gasteiger partial charge in [0, 0.05) is 11.1 Å².